The first-order chi connectivity index (χ1) is 20.3. The van der Waals surface area contributed by atoms with Crippen LogP contribution in [0.3, 0.4) is 0 Å². The molecule has 0 saturated carbocycles. The topological polar surface area (TPSA) is 185 Å². The summed E-state index contributed by atoms with van der Waals surface area (Å²) in [6.07, 6.45) is 0. The number of aliphatic hydroxyl groups excluding tert-OH is 2. The van der Waals surface area contributed by atoms with Crippen LogP contribution in [0.4, 0.5) is 11.4 Å². The molecule has 0 spiro atoms. The Morgan fingerprint density at radius 2 is 0.952 bits per heavy atom. The maximum Gasteiger partial charge on any atom is 0.290 e. The van der Waals surface area contributed by atoms with E-state index in [-0.39, 0.29) is 22.3 Å². The molecule has 0 unspecified atom stereocenters. The van der Waals surface area contributed by atoms with Gasteiger partial charge >= 0.3 is 0 Å². The molecular formula is C30H26N4O8. The summed E-state index contributed by atoms with van der Waals surface area (Å²) in [4.78, 5) is 49.4. The summed E-state index contributed by atoms with van der Waals surface area (Å²) in [6, 6.07) is 22.8. The summed E-state index contributed by atoms with van der Waals surface area (Å²) in [6.45, 7) is -0.965. The predicted octanol–water partition coefficient (Wildman–Crippen LogP) is 4.10. The van der Waals surface area contributed by atoms with Crippen LogP contribution in [0.15, 0.2) is 97.1 Å². The third kappa shape index (κ3) is 6.30. The number of carbonyl (C=O) groups excluding carboxylic acids is 2. The van der Waals surface area contributed by atoms with Gasteiger partial charge in [0, 0.05) is 0 Å². The van der Waals surface area contributed by atoms with Crippen molar-refractivity contribution in [3.63, 3.8) is 0 Å². The Kier molecular flexibility index (Phi) is 9.32. The number of para-hydroxylation sites is 2. The van der Waals surface area contributed by atoms with Crippen molar-refractivity contribution in [3.05, 3.63) is 140 Å². The van der Waals surface area contributed by atoms with Crippen LogP contribution >= 0.6 is 0 Å². The Bertz CT molecular complexity index is 1490. The van der Waals surface area contributed by atoms with Gasteiger partial charge in [-0.05, 0) is 35.4 Å². The monoisotopic (exact) mass is 570 g/mol. The highest BCUT2D eigenvalue weighted by Crippen LogP contribution is 2.40. The number of carbonyl (C=O) groups is 2. The molecule has 4 rings (SSSR count). The average molecular weight is 571 g/mol. The van der Waals surface area contributed by atoms with Gasteiger partial charge in [-0.2, -0.15) is 0 Å². The van der Waals surface area contributed by atoms with E-state index >= 15 is 0 Å². The van der Waals surface area contributed by atoms with Crippen molar-refractivity contribution < 1.29 is 29.6 Å². The molecule has 0 radical (unpaired) electrons. The van der Waals surface area contributed by atoms with Gasteiger partial charge in [0.1, 0.15) is 11.1 Å². The fourth-order valence-corrected chi connectivity index (χ4v) is 4.59. The van der Waals surface area contributed by atoms with E-state index in [1.807, 2.05) is 0 Å². The van der Waals surface area contributed by atoms with Gasteiger partial charge in [0.15, 0.2) is 0 Å². The highest BCUT2D eigenvalue weighted by molar-refractivity contribution is 6.05. The van der Waals surface area contributed by atoms with Gasteiger partial charge in [-0.3, -0.25) is 29.8 Å². The van der Waals surface area contributed by atoms with Crippen molar-refractivity contribution in [1.29, 1.82) is 0 Å². The quantitative estimate of drug-likeness (QED) is 0.153. The van der Waals surface area contributed by atoms with E-state index in [1.54, 1.807) is 60.7 Å². The molecule has 0 saturated heterocycles. The second-order valence-corrected chi connectivity index (χ2v) is 9.16. The number of amides is 2. The zero-order valence-corrected chi connectivity index (χ0v) is 22.0. The second-order valence-electron chi connectivity index (χ2n) is 9.16. The highest BCUT2D eigenvalue weighted by atomic mass is 16.6. The Balaban J connectivity index is 1.76. The second kappa shape index (κ2) is 13.3. The van der Waals surface area contributed by atoms with Crippen molar-refractivity contribution in [3.8, 4) is 11.1 Å². The summed E-state index contributed by atoms with van der Waals surface area (Å²) in [7, 11) is 0. The Morgan fingerprint density at radius 3 is 1.26 bits per heavy atom. The largest absolute Gasteiger partial charge is 0.394 e. The minimum absolute atomic E-state index is 0.254. The molecule has 0 aliphatic rings. The van der Waals surface area contributed by atoms with Crippen LogP contribution in [0.2, 0.25) is 0 Å². The first-order valence-corrected chi connectivity index (χ1v) is 12.7. The maximum absolute atomic E-state index is 13.2. The minimum Gasteiger partial charge on any atom is -0.394 e. The molecule has 42 heavy (non-hydrogen) atoms. The van der Waals surface area contributed by atoms with Gasteiger partial charge < -0.3 is 20.8 Å². The smallest absolute Gasteiger partial charge is 0.290 e. The molecule has 0 aliphatic heterocycles. The normalized spacial score (nSPS) is 12.1. The lowest BCUT2D eigenvalue weighted by Gasteiger charge is -2.18. The molecule has 0 heterocycles. The van der Waals surface area contributed by atoms with E-state index in [1.165, 1.54) is 36.4 Å². The third-order valence-corrected chi connectivity index (χ3v) is 6.60. The van der Waals surface area contributed by atoms with E-state index in [0.717, 1.165) is 0 Å². The van der Waals surface area contributed by atoms with Crippen molar-refractivity contribution in [2.24, 2.45) is 0 Å². The van der Waals surface area contributed by atoms with Crippen LogP contribution in [0.25, 0.3) is 11.1 Å². The van der Waals surface area contributed by atoms with Crippen LogP contribution in [0.5, 0.6) is 0 Å². The van der Waals surface area contributed by atoms with Crippen LogP contribution < -0.4 is 10.6 Å². The standard InChI is InChI=1S/C30H26N4O8/c35-17-25(19-9-3-1-4-10-19)31-29(37)23-15-7-13-21(27(23)33(39)40)22-14-8-16-24(28(22)34(41)42)30(38)32-26(18-36)20-11-5-2-6-12-20/h1-16,25-26,35-36H,17-18H2,(H,31,37)(H,32,38)/t25-,26-/m1/s1. The number of benzene rings is 4. The number of nitrogens with one attached hydrogen (secondary N) is 2. The molecule has 2 amide bonds. The minimum atomic E-state index is -0.878. The first kappa shape index (κ1) is 29.5. The number of aliphatic hydroxyl groups is 2. The van der Waals surface area contributed by atoms with Gasteiger partial charge in [0.25, 0.3) is 23.2 Å². The Hall–Kier alpha value is -5.46. The van der Waals surface area contributed by atoms with Crippen LogP contribution in [-0.4, -0.2) is 45.1 Å². The van der Waals surface area contributed by atoms with Crippen LogP contribution in [0, 0.1) is 20.2 Å². The summed E-state index contributed by atoms with van der Waals surface area (Å²) in [5, 5.41) is 49.4. The fraction of sp³-hybridized carbons (Fsp3) is 0.133. The molecule has 4 aromatic rings. The van der Waals surface area contributed by atoms with E-state index in [9.17, 15) is 40.0 Å². The molecule has 0 aromatic heterocycles. The van der Waals surface area contributed by atoms with E-state index in [4.69, 9.17) is 0 Å². The molecule has 2 atom stereocenters. The zero-order valence-electron chi connectivity index (χ0n) is 22.0. The Morgan fingerprint density at radius 1 is 0.595 bits per heavy atom. The molecule has 12 heteroatoms. The summed E-state index contributed by atoms with van der Waals surface area (Å²) in [5.41, 5.74) is -1.57. The van der Waals surface area contributed by atoms with Gasteiger partial charge in [-0.15, -0.1) is 0 Å². The lowest BCUT2D eigenvalue weighted by molar-refractivity contribution is -0.386. The molecule has 0 aliphatic carbocycles. The van der Waals surface area contributed by atoms with Gasteiger partial charge in [-0.1, -0.05) is 72.8 Å². The van der Waals surface area contributed by atoms with Crippen molar-refractivity contribution in [2.75, 3.05) is 13.2 Å². The van der Waals surface area contributed by atoms with Crippen molar-refractivity contribution in [2.45, 2.75) is 12.1 Å². The Labute approximate surface area is 239 Å². The molecule has 0 bridgehead atoms. The van der Waals surface area contributed by atoms with E-state index in [2.05, 4.69) is 10.6 Å². The van der Waals surface area contributed by atoms with E-state index < -0.39 is 58.3 Å². The number of hydrogen-bond acceptors (Lipinski definition) is 8. The van der Waals surface area contributed by atoms with Crippen molar-refractivity contribution >= 4 is 23.2 Å². The SMILES string of the molecule is O=C(N[C@H](CO)c1ccccc1)c1cccc(-c2cccc(C(=O)N[C@H](CO)c3ccccc3)c2[N+](=O)[O-])c1[N+](=O)[O-]. The molecule has 4 aromatic carbocycles. The zero-order chi connectivity index (χ0) is 30.2. The first-order valence-electron chi connectivity index (χ1n) is 12.7. The number of hydrogen-bond donors (Lipinski definition) is 4. The highest BCUT2D eigenvalue weighted by Gasteiger charge is 2.33. The molecule has 4 N–H and O–H groups in total. The number of nitro benzene ring substituents is 2. The molecule has 0 fully saturated rings. The maximum atomic E-state index is 13.2. The molecular weight excluding hydrogens is 544 g/mol. The lowest BCUT2D eigenvalue weighted by Crippen LogP contribution is -2.31. The number of nitrogens with zero attached hydrogens (tertiary/aromatic N) is 2. The van der Waals surface area contributed by atoms with E-state index in [0.29, 0.717) is 11.1 Å². The van der Waals surface area contributed by atoms with Gasteiger partial charge in [-0.25, -0.2) is 0 Å². The van der Waals surface area contributed by atoms with Crippen LogP contribution in [0.1, 0.15) is 43.9 Å². The number of nitro groups is 2. The summed E-state index contributed by atoms with van der Waals surface area (Å²) < 4.78 is 0. The number of rotatable bonds is 11. The van der Waals surface area contributed by atoms with Gasteiger partial charge in [0.2, 0.25) is 0 Å². The predicted molar refractivity (Wildman–Crippen MR) is 153 cm³/mol. The molecule has 12 nitrogen and oxygen atoms in total. The fourth-order valence-electron chi connectivity index (χ4n) is 4.59. The summed E-state index contributed by atoms with van der Waals surface area (Å²) in [5.74, 6) is -1.76. The van der Waals surface area contributed by atoms with Crippen molar-refractivity contribution in [1.82, 2.24) is 10.6 Å². The lowest BCUT2D eigenvalue weighted by atomic mass is 9.95. The average Bonchev–Trinajstić information content (AvgIpc) is 3.02. The third-order valence-electron chi connectivity index (χ3n) is 6.60. The van der Waals surface area contributed by atoms with Gasteiger partial charge in [0.05, 0.1) is 46.3 Å². The summed E-state index contributed by atoms with van der Waals surface area (Å²) >= 11 is 0. The molecule has 214 valence electrons. The van der Waals surface area contributed by atoms with Crippen LogP contribution in [-0.2, 0) is 0 Å².